The summed E-state index contributed by atoms with van der Waals surface area (Å²) in [6.07, 6.45) is 5.19. The monoisotopic (exact) mass is 447 g/mol. The average molecular weight is 448 g/mol. The maximum Gasteiger partial charge on any atom is 0.244 e. The smallest absolute Gasteiger partial charge is 0.244 e. The summed E-state index contributed by atoms with van der Waals surface area (Å²) in [4.78, 5) is 28.1. The zero-order valence-electron chi connectivity index (χ0n) is 18.8. The number of rotatable bonds is 7. The van der Waals surface area contributed by atoms with Gasteiger partial charge < -0.3 is 10.2 Å². The molecular formula is C24H29N7O2. The molecule has 2 saturated heterocycles. The van der Waals surface area contributed by atoms with Crippen LogP contribution in [-0.2, 0) is 11.2 Å². The number of fused-ring (bicyclic) bond motifs is 3. The number of likely N-dealkylation sites (tertiary alicyclic amines) is 1. The highest BCUT2D eigenvalue weighted by Gasteiger charge is 2.41. The molecule has 0 aromatic heterocycles. The van der Waals surface area contributed by atoms with Crippen LogP contribution in [0, 0.1) is 16.4 Å². The molecule has 5 rings (SSSR count). The number of anilines is 1. The number of para-hydroxylation sites is 1. The van der Waals surface area contributed by atoms with Crippen molar-refractivity contribution in [3.63, 3.8) is 0 Å². The third kappa shape index (κ3) is 3.86. The Balaban J connectivity index is 1.58. The zero-order chi connectivity index (χ0) is 22.9. The van der Waals surface area contributed by atoms with Crippen LogP contribution < -0.4 is 15.6 Å². The van der Waals surface area contributed by atoms with Crippen molar-refractivity contribution in [1.29, 1.82) is 5.53 Å². The van der Waals surface area contributed by atoms with Crippen molar-refractivity contribution in [2.75, 3.05) is 31.1 Å². The predicted octanol–water partition coefficient (Wildman–Crippen LogP) is 3.38. The minimum absolute atomic E-state index is 0.147. The van der Waals surface area contributed by atoms with Gasteiger partial charge in [0.05, 0.1) is 12.2 Å². The molecule has 172 valence electrons. The number of nitrogens with one attached hydrogen (secondary N) is 3. The van der Waals surface area contributed by atoms with Crippen molar-refractivity contribution in [3.8, 4) is 0 Å². The van der Waals surface area contributed by atoms with E-state index in [9.17, 15) is 9.70 Å². The van der Waals surface area contributed by atoms with Gasteiger partial charge in [0.1, 0.15) is 5.82 Å². The zero-order valence-corrected chi connectivity index (χ0v) is 18.8. The van der Waals surface area contributed by atoms with Gasteiger partial charge >= 0.3 is 0 Å². The molecule has 0 radical (unpaired) electrons. The lowest BCUT2D eigenvalue weighted by atomic mass is 9.86. The third-order valence-corrected chi connectivity index (χ3v) is 7.14. The topological polar surface area (TPSA) is 123 Å². The van der Waals surface area contributed by atoms with Gasteiger partial charge in [-0.05, 0) is 61.0 Å². The molecule has 4 heterocycles. The average Bonchev–Trinajstić information content (AvgIpc) is 3.68. The molecule has 0 unspecified atom stereocenters. The van der Waals surface area contributed by atoms with Crippen LogP contribution in [0.25, 0.3) is 0 Å². The second-order valence-electron chi connectivity index (χ2n) is 9.01. The molecule has 33 heavy (non-hydrogen) atoms. The lowest BCUT2D eigenvalue weighted by molar-refractivity contribution is -0.126. The van der Waals surface area contributed by atoms with Crippen molar-refractivity contribution in [3.05, 3.63) is 69.0 Å². The van der Waals surface area contributed by atoms with Gasteiger partial charge in [-0.2, -0.15) is 10.4 Å². The third-order valence-electron chi connectivity index (χ3n) is 7.14. The molecule has 1 aromatic carbocycles. The van der Waals surface area contributed by atoms with Gasteiger partial charge in [0.15, 0.2) is 0 Å². The Kier molecular flexibility index (Phi) is 5.80. The van der Waals surface area contributed by atoms with E-state index < -0.39 is 0 Å². The largest absolute Gasteiger partial charge is 0.357 e. The lowest BCUT2D eigenvalue weighted by Gasteiger charge is -2.46. The molecule has 2 fully saturated rings. The van der Waals surface area contributed by atoms with E-state index in [0.29, 0.717) is 25.3 Å². The molecule has 0 spiro atoms. The van der Waals surface area contributed by atoms with E-state index in [0.717, 1.165) is 37.4 Å². The summed E-state index contributed by atoms with van der Waals surface area (Å²) in [5.41, 5.74) is 16.6. The van der Waals surface area contributed by atoms with E-state index >= 15 is 0 Å². The van der Waals surface area contributed by atoms with E-state index in [1.165, 1.54) is 28.1 Å². The molecular weight excluding hydrogens is 418 g/mol. The Morgan fingerprint density at radius 1 is 1.27 bits per heavy atom. The summed E-state index contributed by atoms with van der Waals surface area (Å²) in [6, 6.07) is 8.84. The Morgan fingerprint density at radius 2 is 2.03 bits per heavy atom. The molecule has 9 heteroatoms. The minimum Gasteiger partial charge on any atom is -0.357 e. The van der Waals surface area contributed by atoms with Crippen molar-refractivity contribution in [2.45, 2.75) is 38.6 Å². The Labute approximate surface area is 193 Å². The Hall–Kier alpha value is -3.33. The van der Waals surface area contributed by atoms with Crippen LogP contribution in [0.2, 0.25) is 0 Å². The number of benzene rings is 1. The standard InChI is InChI=1S/C24H29N7O2/c1-15-18(8-11-27-33)24(30-12-9-17(10-13-30)23(32)28-29-25)31-20-5-3-2-4-16(20)6-7-21(31)22(15)19-14-26-19/h2-5,7,17,19,26H,6,8-14H2,1H3,(H2,25,28,32)/t19-/m0/s1. The van der Waals surface area contributed by atoms with Gasteiger partial charge in [0.2, 0.25) is 5.91 Å². The Morgan fingerprint density at radius 3 is 2.73 bits per heavy atom. The number of allylic oxidation sites excluding steroid dienone is 2. The molecule has 3 N–H and O–H groups in total. The normalized spacial score (nSPS) is 22.5. The number of carbonyl (C=O) groups excluding carboxylic acids is 1. The number of hydrogen-bond donors (Lipinski definition) is 3. The van der Waals surface area contributed by atoms with Crippen LogP contribution in [0.15, 0.2) is 69.0 Å². The number of carbonyl (C=O) groups is 1. The van der Waals surface area contributed by atoms with Gasteiger partial charge in [-0.1, -0.05) is 34.7 Å². The van der Waals surface area contributed by atoms with Crippen molar-refractivity contribution < 1.29 is 4.79 Å². The van der Waals surface area contributed by atoms with E-state index in [2.05, 4.69) is 68.2 Å². The molecule has 0 aliphatic carbocycles. The molecule has 1 amide bonds. The highest BCUT2D eigenvalue weighted by atomic mass is 16.3. The van der Waals surface area contributed by atoms with Crippen LogP contribution in [-0.4, -0.2) is 43.0 Å². The first kappa shape index (κ1) is 21.5. The first-order chi connectivity index (χ1) is 16.1. The van der Waals surface area contributed by atoms with Crippen LogP contribution >= 0.6 is 0 Å². The second-order valence-corrected chi connectivity index (χ2v) is 9.01. The minimum atomic E-state index is -0.185. The number of amides is 1. The van der Waals surface area contributed by atoms with Crippen LogP contribution in [0.4, 0.5) is 5.69 Å². The molecule has 0 bridgehead atoms. The highest BCUT2D eigenvalue weighted by molar-refractivity contribution is 5.78. The fraction of sp³-hybridized carbons (Fsp3) is 0.458. The summed E-state index contributed by atoms with van der Waals surface area (Å²) in [5.74, 6) is 0.781. The SMILES string of the molecule is CC1=C([C@@H]2CN2)C2=CCc3ccccc3N2C(N2CCC(C(=O)NN=N)CC2)=C1CCN=O. The van der Waals surface area contributed by atoms with E-state index in [-0.39, 0.29) is 18.4 Å². The maximum atomic E-state index is 12.2. The van der Waals surface area contributed by atoms with Crippen LogP contribution in [0.3, 0.4) is 0 Å². The number of nitrogens with zero attached hydrogens (tertiary/aromatic N) is 4. The first-order valence-corrected chi connectivity index (χ1v) is 11.6. The van der Waals surface area contributed by atoms with E-state index in [1.54, 1.807) is 0 Å². The van der Waals surface area contributed by atoms with Crippen molar-refractivity contribution in [1.82, 2.24) is 15.6 Å². The second kappa shape index (κ2) is 8.90. The summed E-state index contributed by atoms with van der Waals surface area (Å²) < 4.78 is 0. The van der Waals surface area contributed by atoms with E-state index in [4.69, 9.17) is 5.53 Å². The van der Waals surface area contributed by atoms with Gasteiger partial charge in [-0.15, -0.1) is 0 Å². The number of hydrogen-bond acceptors (Lipinski definition) is 8. The van der Waals surface area contributed by atoms with Crippen LogP contribution in [0.5, 0.6) is 0 Å². The first-order valence-electron chi connectivity index (χ1n) is 11.6. The van der Waals surface area contributed by atoms with Gasteiger partial charge in [0, 0.05) is 37.3 Å². The van der Waals surface area contributed by atoms with Gasteiger partial charge in [-0.3, -0.25) is 9.69 Å². The Bertz CT molecular complexity index is 1080. The summed E-state index contributed by atoms with van der Waals surface area (Å²) in [7, 11) is 0. The summed E-state index contributed by atoms with van der Waals surface area (Å²) in [6.45, 7) is 4.82. The number of nitroso groups, excluding NO2 is 1. The molecule has 4 aliphatic heterocycles. The van der Waals surface area contributed by atoms with Gasteiger partial charge in [-0.25, -0.2) is 5.43 Å². The van der Waals surface area contributed by atoms with Crippen molar-refractivity contribution >= 4 is 11.6 Å². The van der Waals surface area contributed by atoms with Crippen LogP contribution in [0.1, 0.15) is 31.7 Å². The highest BCUT2D eigenvalue weighted by Crippen LogP contribution is 2.46. The summed E-state index contributed by atoms with van der Waals surface area (Å²) in [5, 5.41) is 9.70. The molecule has 9 nitrogen and oxygen atoms in total. The maximum absolute atomic E-state index is 12.2. The van der Waals surface area contributed by atoms with Crippen molar-refractivity contribution in [2.24, 2.45) is 16.3 Å². The number of piperidine rings is 1. The molecule has 1 atom stereocenters. The lowest BCUT2D eigenvalue weighted by Crippen LogP contribution is -2.46. The molecule has 4 aliphatic rings. The predicted molar refractivity (Wildman–Crippen MR) is 125 cm³/mol. The fourth-order valence-electron chi connectivity index (χ4n) is 5.44. The van der Waals surface area contributed by atoms with Gasteiger partial charge in [0.25, 0.3) is 0 Å². The molecule has 1 aromatic rings. The van der Waals surface area contributed by atoms with E-state index in [1.807, 2.05) is 0 Å². The fourth-order valence-corrected chi connectivity index (χ4v) is 5.44. The quantitative estimate of drug-likeness (QED) is 0.256. The summed E-state index contributed by atoms with van der Waals surface area (Å²) >= 11 is 0. The molecule has 0 saturated carbocycles.